The summed E-state index contributed by atoms with van der Waals surface area (Å²) in [6, 6.07) is 0. The largest absolute Gasteiger partial charge is 0.121 e. The van der Waals surface area contributed by atoms with Crippen LogP contribution in [0.2, 0.25) is 0 Å². The van der Waals surface area contributed by atoms with E-state index in [-0.39, 0.29) is 0 Å². The van der Waals surface area contributed by atoms with E-state index < -0.39 is 0 Å². The highest BCUT2D eigenvalue weighted by molar-refractivity contribution is 7.37. The first-order valence-corrected chi connectivity index (χ1v) is 5.45. The fourth-order valence-electron chi connectivity index (χ4n) is 1.01. The van der Waals surface area contributed by atoms with Gasteiger partial charge in [-0.3, -0.25) is 0 Å². The molecule has 0 spiro atoms. The number of rotatable bonds is 3. The maximum absolute atomic E-state index is 2.40. The molecule has 0 aromatic rings. The van der Waals surface area contributed by atoms with E-state index in [1.54, 1.807) is 0 Å². The quantitative estimate of drug-likeness (QED) is 0.419. The van der Waals surface area contributed by atoms with Gasteiger partial charge < -0.3 is 0 Å². The normalized spacial score (nSPS) is 21.9. The summed E-state index contributed by atoms with van der Waals surface area (Å²) in [6.45, 7) is 2.26. The minimum atomic E-state index is 0.960. The summed E-state index contributed by atoms with van der Waals surface area (Å²) in [5, 5.41) is 0. The molecule has 0 amide bonds. The van der Waals surface area contributed by atoms with Crippen molar-refractivity contribution in [2.45, 2.75) is 19.3 Å². The van der Waals surface area contributed by atoms with E-state index in [2.05, 4.69) is 18.8 Å². The summed E-state index contributed by atoms with van der Waals surface area (Å²) >= 11 is 0. The van der Waals surface area contributed by atoms with Crippen molar-refractivity contribution < 1.29 is 0 Å². The first-order valence-electron chi connectivity index (χ1n) is 3.74. The van der Waals surface area contributed by atoms with Crippen molar-refractivity contribution in [2.24, 2.45) is 5.92 Å². The Morgan fingerprint density at radius 1 is 1.56 bits per heavy atom. The third kappa shape index (κ3) is 2.49. The molecular weight excluding hydrogens is 127 g/mol. The number of allylic oxidation sites excluding steroid dienone is 2. The van der Waals surface area contributed by atoms with Crippen molar-refractivity contribution in [1.82, 2.24) is 0 Å². The highest BCUT2D eigenvalue weighted by Gasteiger charge is 2.12. The Morgan fingerprint density at radius 3 is 2.78 bits per heavy atom. The lowest BCUT2D eigenvalue weighted by Crippen LogP contribution is -2.06. The molecule has 1 rings (SSSR count). The second-order valence-electron chi connectivity index (χ2n) is 2.68. The molecule has 0 N–H and O–H groups in total. The van der Waals surface area contributed by atoms with E-state index in [0.717, 1.165) is 14.5 Å². The van der Waals surface area contributed by atoms with Crippen LogP contribution in [-0.2, 0) is 0 Å². The Kier molecular flexibility index (Phi) is 3.28. The van der Waals surface area contributed by atoms with Gasteiger partial charge in [-0.05, 0) is 31.6 Å². The Bertz CT molecular complexity index is 92.7. The zero-order chi connectivity index (χ0) is 6.53. The molecule has 1 heteroatoms. The summed E-state index contributed by atoms with van der Waals surface area (Å²) in [5.41, 5.74) is 0. The summed E-state index contributed by atoms with van der Waals surface area (Å²) < 4.78 is 0. The number of hydrogen-bond acceptors (Lipinski definition) is 0. The molecule has 1 aliphatic carbocycles. The van der Waals surface area contributed by atoms with Crippen LogP contribution in [0.3, 0.4) is 0 Å². The van der Waals surface area contributed by atoms with Crippen LogP contribution < -0.4 is 0 Å². The van der Waals surface area contributed by atoms with Crippen molar-refractivity contribution in [3.05, 3.63) is 12.2 Å². The topological polar surface area (TPSA) is 0 Å². The van der Waals surface area contributed by atoms with Gasteiger partial charge in [-0.2, -0.15) is 0 Å². The standard InChI is InChI=1S/C8H15P/c1-9-7-3-6-8-4-2-5-8/h3,6,8-9H,2,4-5,7H2,1H3/b6-3+. The lowest BCUT2D eigenvalue weighted by Gasteiger charge is -2.21. The van der Waals surface area contributed by atoms with Crippen molar-refractivity contribution in [3.8, 4) is 0 Å². The fourth-order valence-corrected chi connectivity index (χ4v) is 1.38. The molecule has 0 aromatic heterocycles. The van der Waals surface area contributed by atoms with Gasteiger partial charge >= 0.3 is 0 Å². The molecule has 1 atom stereocenters. The lowest BCUT2D eigenvalue weighted by atomic mass is 9.85. The van der Waals surface area contributed by atoms with Crippen LogP contribution in [0.15, 0.2) is 12.2 Å². The van der Waals surface area contributed by atoms with Gasteiger partial charge in [0.2, 0.25) is 0 Å². The fraction of sp³-hybridized carbons (Fsp3) is 0.750. The van der Waals surface area contributed by atoms with Crippen LogP contribution in [-0.4, -0.2) is 12.8 Å². The molecule has 9 heavy (non-hydrogen) atoms. The molecule has 1 fully saturated rings. The van der Waals surface area contributed by atoms with Crippen molar-refractivity contribution in [2.75, 3.05) is 12.8 Å². The third-order valence-electron chi connectivity index (χ3n) is 1.88. The Balaban J connectivity index is 2.00. The maximum Gasteiger partial charge on any atom is -0.0175 e. The summed E-state index contributed by atoms with van der Waals surface area (Å²) in [6.07, 6.45) is 10.4. The molecule has 1 saturated carbocycles. The minimum Gasteiger partial charge on any atom is -0.121 e. The predicted molar refractivity (Wildman–Crippen MR) is 45.6 cm³/mol. The molecule has 0 radical (unpaired) electrons. The van der Waals surface area contributed by atoms with Gasteiger partial charge in [-0.1, -0.05) is 18.6 Å². The Hall–Kier alpha value is 0.170. The first kappa shape index (κ1) is 7.28. The summed E-state index contributed by atoms with van der Waals surface area (Å²) in [7, 11) is 1.10. The van der Waals surface area contributed by atoms with Crippen LogP contribution in [0, 0.1) is 5.92 Å². The van der Waals surface area contributed by atoms with E-state index in [1.807, 2.05) is 0 Å². The molecule has 0 saturated heterocycles. The molecule has 0 aliphatic heterocycles. The van der Waals surface area contributed by atoms with Gasteiger partial charge in [0.25, 0.3) is 0 Å². The average Bonchev–Trinajstić information content (AvgIpc) is 1.76. The Morgan fingerprint density at radius 2 is 2.33 bits per heavy atom. The molecule has 1 aliphatic rings. The molecule has 52 valence electrons. The zero-order valence-electron chi connectivity index (χ0n) is 6.06. The molecule has 0 aromatic carbocycles. The highest BCUT2D eigenvalue weighted by Crippen LogP contribution is 2.27. The van der Waals surface area contributed by atoms with Crippen molar-refractivity contribution in [3.63, 3.8) is 0 Å². The van der Waals surface area contributed by atoms with Crippen molar-refractivity contribution >= 4 is 8.58 Å². The Labute approximate surface area is 59.5 Å². The van der Waals surface area contributed by atoms with Gasteiger partial charge in [-0.25, -0.2) is 0 Å². The minimum absolute atomic E-state index is 0.960. The number of hydrogen-bond donors (Lipinski definition) is 0. The lowest BCUT2D eigenvalue weighted by molar-refractivity contribution is 0.387. The SMILES string of the molecule is CPC/C=C/C1CCC1. The van der Waals surface area contributed by atoms with Crippen LogP contribution >= 0.6 is 8.58 Å². The first-order chi connectivity index (χ1) is 4.43. The van der Waals surface area contributed by atoms with Crippen molar-refractivity contribution in [1.29, 1.82) is 0 Å². The third-order valence-corrected chi connectivity index (χ3v) is 2.52. The van der Waals surface area contributed by atoms with Crippen LogP contribution in [0.1, 0.15) is 19.3 Å². The highest BCUT2D eigenvalue weighted by atomic mass is 31.1. The second kappa shape index (κ2) is 4.06. The van der Waals surface area contributed by atoms with Gasteiger partial charge in [0.1, 0.15) is 0 Å². The van der Waals surface area contributed by atoms with E-state index in [4.69, 9.17) is 0 Å². The van der Waals surface area contributed by atoms with E-state index in [0.29, 0.717) is 0 Å². The van der Waals surface area contributed by atoms with Gasteiger partial charge in [-0.15, -0.1) is 8.58 Å². The molecular formula is C8H15P. The zero-order valence-corrected chi connectivity index (χ0v) is 7.06. The molecule has 1 unspecified atom stereocenters. The monoisotopic (exact) mass is 142 g/mol. The van der Waals surface area contributed by atoms with Crippen LogP contribution in [0.5, 0.6) is 0 Å². The van der Waals surface area contributed by atoms with E-state index in [9.17, 15) is 0 Å². The summed E-state index contributed by atoms with van der Waals surface area (Å²) in [5.74, 6) is 0.960. The summed E-state index contributed by atoms with van der Waals surface area (Å²) in [4.78, 5) is 0. The molecule has 0 bridgehead atoms. The second-order valence-corrected chi connectivity index (χ2v) is 3.79. The van der Waals surface area contributed by atoms with Gasteiger partial charge in [0, 0.05) is 0 Å². The van der Waals surface area contributed by atoms with Gasteiger partial charge in [0.15, 0.2) is 0 Å². The van der Waals surface area contributed by atoms with E-state index in [1.165, 1.54) is 25.4 Å². The van der Waals surface area contributed by atoms with Crippen LogP contribution in [0.4, 0.5) is 0 Å². The molecule has 0 nitrogen and oxygen atoms in total. The maximum atomic E-state index is 2.40. The van der Waals surface area contributed by atoms with Gasteiger partial charge in [0.05, 0.1) is 0 Å². The smallest absolute Gasteiger partial charge is 0.0175 e. The predicted octanol–water partition coefficient (Wildman–Crippen LogP) is 2.65. The average molecular weight is 142 g/mol. The van der Waals surface area contributed by atoms with Crippen LogP contribution in [0.25, 0.3) is 0 Å². The molecule has 0 heterocycles. The van der Waals surface area contributed by atoms with E-state index >= 15 is 0 Å².